The Balaban J connectivity index is 1.88. The van der Waals surface area contributed by atoms with Gasteiger partial charge in [0.2, 0.25) is 5.91 Å². The average Bonchev–Trinajstić information content (AvgIpc) is 2.61. The van der Waals surface area contributed by atoms with Crippen molar-refractivity contribution in [2.75, 3.05) is 18.4 Å². The molecule has 0 heterocycles. The molecule has 0 aromatic heterocycles. The van der Waals surface area contributed by atoms with Crippen LogP contribution < -0.4 is 16.0 Å². The lowest BCUT2D eigenvalue weighted by Crippen LogP contribution is -2.30. The highest BCUT2D eigenvalue weighted by Gasteiger charge is 2.09. The van der Waals surface area contributed by atoms with Crippen LogP contribution in [0.2, 0.25) is 0 Å². The number of carbonyl (C=O) groups excluding carboxylic acids is 2. The topological polar surface area (TPSA) is 70.2 Å². The molecule has 2 amide bonds. The molecule has 0 spiro atoms. The van der Waals surface area contributed by atoms with Crippen LogP contribution in [-0.4, -0.2) is 24.9 Å². The van der Waals surface area contributed by atoms with Crippen LogP contribution in [0.4, 0.5) is 5.69 Å². The predicted molar refractivity (Wildman–Crippen MR) is 95.9 cm³/mol. The van der Waals surface area contributed by atoms with Gasteiger partial charge in [-0.3, -0.25) is 9.59 Å². The molecule has 2 rings (SSSR count). The van der Waals surface area contributed by atoms with E-state index in [2.05, 4.69) is 16.0 Å². The molecule has 0 fully saturated rings. The maximum atomic E-state index is 12.1. The van der Waals surface area contributed by atoms with Crippen LogP contribution in [0.25, 0.3) is 0 Å². The number of amides is 2. The van der Waals surface area contributed by atoms with Crippen molar-refractivity contribution < 1.29 is 9.59 Å². The van der Waals surface area contributed by atoms with Gasteiger partial charge in [0.05, 0.1) is 6.54 Å². The summed E-state index contributed by atoms with van der Waals surface area (Å²) in [5, 5.41) is 8.73. The summed E-state index contributed by atoms with van der Waals surface area (Å²) in [7, 11) is 0. The fourth-order valence-corrected chi connectivity index (χ4v) is 2.31. The molecule has 126 valence electrons. The molecular weight excluding hydrogens is 302 g/mol. The van der Waals surface area contributed by atoms with Crippen LogP contribution in [0.3, 0.4) is 0 Å². The molecule has 0 saturated carbocycles. The zero-order valence-corrected chi connectivity index (χ0v) is 14.0. The van der Waals surface area contributed by atoms with E-state index in [0.717, 1.165) is 5.56 Å². The zero-order valence-electron chi connectivity index (χ0n) is 14.0. The van der Waals surface area contributed by atoms with Gasteiger partial charge >= 0.3 is 0 Å². The maximum absolute atomic E-state index is 12.1. The molecule has 0 aliphatic carbocycles. The number of anilines is 1. The fourth-order valence-electron chi connectivity index (χ4n) is 2.31. The van der Waals surface area contributed by atoms with Crippen LogP contribution in [0, 0.1) is 0 Å². The van der Waals surface area contributed by atoms with Gasteiger partial charge in [-0.05, 0) is 37.6 Å². The highest BCUT2D eigenvalue weighted by atomic mass is 16.2. The predicted octanol–water partition coefficient (Wildman–Crippen LogP) is 2.73. The molecule has 0 aliphatic heterocycles. The summed E-state index contributed by atoms with van der Waals surface area (Å²) in [5.41, 5.74) is 2.27. The van der Waals surface area contributed by atoms with Gasteiger partial charge in [-0.15, -0.1) is 0 Å². The molecule has 0 unspecified atom stereocenters. The Hall–Kier alpha value is -2.66. The summed E-state index contributed by atoms with van der Waals surface area (Å²) in [4.78, 5) is 23.9. The van der Waals surface area contributed by atoms with Gasteiger partial charge in [0, 0.05) is 23.8 Å². The van der Waals surface area contributed by atoms with Crippen LogP contribution >= 0.6 is 0 Å². The molecule has 2 aromatic carbocycles. The number of carbonyl (C=O) groups is 2. The first-order valence-electron chi connectivity index (χ1n) is 8.06. The first-order valence-corrected chi connectivity index (χ1v) is 8.06. The molecule has 0 bridgehead atoms. The van der Waals surface area contributed by atoms with Crippen molar-refractivity contribution in [1.82, 2.24) is 10.6 Å². The van der Waals surface area contributed by atoms with Gasteiger partial charge < -0.3 is 16.0 Å². The Kier molecular flexibility index (Phi) is 6.51. The quantitative estimate of drug-likeness (QED) is 0.733. The molecule has 2 aromatic rings. The molecule has 24 heavy (non-hydrogen) atoms. The van der Waals surface area contributed by atoms with E-state index in [1.54, 1.807) is 24.3 Å². The van der Waals surface area contributed by atoms with Gasteiger partial charge in [-0.2, -0.15) is 0 Å². The maximum Gasteiger partial charge on any atom is 0.251 e. The second-order valence-electron chi connectivity index (χ2n) is 5.50. The first-order chi connectivity index (χ1) is 11.6. The number of hydrogen-bond acceptors (Lipinski definition) is 3. The lowest BCUT2D eigenvalue weighted by molar-refractivity contribution is -0.115. The Morgan fingerprint density at radius 2 is 1.79 bits per heavy atom. The van der Waals surface area contributed by atoms with E-state index in [1.807, 2.05) is 44.2 Å². The van der Waals surface area contributed by atoms with Crippen LogP contribution in [-0.2, 0) is 4.79 Å². The van der Waals surface area contributed by atoms with E-state index in [1.165, 1.54) is 0 Å². The summed E-state index contributed by atoms with van der Waals surface area (Å²) in [6.45, 7) is 4.64. The number of nitrogens with one attached hydrogen (secondary N) is 3. The molecule has 0 aliphatic rings. The average molecular weight is 325 g/mol. The largest absolute Gasteiger partial charge is 0.352 e. The van der Waals surface area contributed by atoms with Crippen molar-refractivity contribution in [2.45, 2.75) is 19.9 Å². The summed E-state index contributed by atoms with van der Waals surface area (Å²) in [5.74, 6) is -0.296. The lowest BCUT2D eigenvalue weighted by Gasteiger charge is -2.14. The Morgan fingerprint density at radius 3 is 2.50 bits per heavy atom. The zero-order chi connectivity index (χ0) is 17.4. The SMILES string of the molecule is CCNC(=O)c1cccc(NC(=O)CN[C@H](C)c2ccccc2)c1. The van der Waals surface area contributed by atoms with Crippen LogP contribution in [0.1, 0.15) is 35.8 Å². The third-order valence-electron chi connectivity index (χ3n) is 3.61. The minimum atomic E-state index is -0.149. The Bertz CT molecular complexity index is 686. The highest BCUT2D eigenvalue weighted by molar-refractivity contribution is 5.97. The molecule has 0 saturated heterocycles. The lowest BCUT2D eigenvalue weighted by atomic mass is 10.1. The molecule has 3 N–H and O–H groups in total. The number of benzene rings is 2. The van der Waals surface area contributed by atoms with Crippen molar-refractivity contribution in [1.29, 1.82) is 0 Å². The van der Waals surface area contributed by atoms with Crippen molar-refractivity contribution in [3.8, 4) is 0 Å². The fraction of sp³-hybridized carbons (Fsp3) is 0.263. The van der Waals surface area contributed by atoms with E-state index in [9.17, 15) is 9.59 Å². The van der Waals surface area contributed by atoms with Crippen LogP contribution in [0.5, 0.6) is 0 Å². The summed E-state index contributed by atoms with van der Waals surface area (Å²) in [6, 6.07) is 16.9. The summed E-state index contributed by atoms with van der Waals surface area (Å²) < 4.78 is 0. The summed E-state index contributed by atoms with van der Waals surface area (Å²) >= 11 is 0. The van der Waals surface area contributed by atoms with Crippen molar-refractivity contribution in [2.24, 2.45) is 0 Å². The smallest absolute Gasteiger partial charge is 0.251 e. The van der Waals surface area contributed by atoms with E-state index < -0.39 is 0 Å². The van der Waals surface area contributed by atoms with E-state index in [0.29, 0.717) is 17.8 Å². The van der Waals surface area contributed by atoms with Gasteiger partial charge in [-0.1, -0.05) is 36.4 Å². The Morgan fingerprint density at radius 1 is 1.04 bits per heavy atom. The van der Waals surface area contributed by atoms with E-state index in [4.69, 9.17) is 0 Å². The van der Waals surface area contributed by atoms with Crippen LogP contribution in [0.15, 0.2) is 54.6 Å². The van der Waals surface area contributed by atoms with Crippen molar-refractivity contribution in [3.63, 3.8) is 0 Å². The van der Waals surface area contributed by atoms with Crippen molar-refractivity contribution >= 4 is 17.5 Å². The molecule has 0 radical (unpaired) electrons. The number of rotatable bonds is 7. The second-order valence-corrected chi connectivity index (χ2v) is 5.50. The molecule has 1 atom stereocenters. The first kappa shape index (κ1) is 17.7. The third-order valence-corrected chi connectivity index (χ3v) is 3.61. The van der Waals surface area contributed by atoms with Gasteiger partial charge in [-0.25, -0.2) is 0 Å². The summed E-state index contributed by atoms with van der Waals surface area (Å²) in [6.07, 6.45) is 0. The monoisotopic (exact) mass is 325 g/mol. The van der Waals surface area contributed by atoms with Gasteiger partial charge in [0.15, 0.2) is 0 Å². The van der Waals surface area contributed by atoms with Gasteiger partial charge in [0.25, 0.3) is 5.91 Å². The standard InChI is InChI=1S/C19H23N3O2/c1-3-20-19(24)16-10-7-11-17(12-16)22-18(23)13-21-14(2)15-8-5-4-6-9-15/h4-12,14,21H,3,13H2,1-2H3,(H,20,24)(H,22,23)/t14-/m1/s1. The van der Waals surface area contributed by atoms with Crippen molar-refractivity contribution in [3.05, 3.63) is 65.7 Å². The van der Waals surface area contributed by atoms with Gasteiger partial charge in [0.1, 0.15) is 0 Å². The Labute approximate surface area is 142 Å². The molecule has 5 heteroatoms. The van der Waals surface area contributed by atoms with E-state index in [-0.39, 0.29) is 24.4 Å². The number of hydrogen-bond donors (Lipinski definition) is 3. The molecular formula is C19H23N3O2. The minimum absolute atomic E-state index is 0.0821. The van der Waals surface area contributed by atoms with E-state index >= 15 is 0 Å². The second kappa shape index (κ2) is 8.84. The third kappa shape index (κ3) is 5.21. The minimum Gasteiger partial charge on any atom is -0.352 e. The normalized spacial score (nSPS) is 11.6. The molecule has 5 nitrogen and oxygen atoms in total. The highest BCUT2D eigenvalue weighted by Crippen LogP contribution is 2.12.